The van der Waals surface area contributed by atoms with E-state index in [0.29, 0.717) is 19.1 Å². The number of hydrogen-bond donors (Lipinski definition) is 0. The molecule has 0 spiro atoms. The van der Waals surface area contributed by atoms with E-state index in [2.05, 4.69) is 78.6 Å². The summed E-state index contributed by atoms with van der Waals surface area (Å²) in [5.41, 5.74) is 6.42. The largest absolute Gasteiger partial charge is 0.370 e. The minimum atomic E-state index is -3.07. The van der Waals surface area contributed by atoms with Crippen LogP contribution in [0.3, 0.4) is 0 Å². The van der Waals surface area contributed by atoms with Crippen molar-refractivity contribution >= 4 is 16.1 Å². The Morgan fingerprint density at radius 1 is 1.03 bits per heavy atom. The average molecular weight is 440 g/mol. The van der Waals surface area contributed by atoms with Crippen molar-refractivity contribution in [3.05, 3.63) is 65.4 Å². The van der Waals surface area contributed by atoms with E-state index in [-0.39, 0.29) is 5.75 Å². The first kappa shape index (κ1) is 22.1. The molecule has 166 valence electrons. The van der Waals surface area contributed by atoms with Crippen LogP contribution in [-0.2, 0) is 23.1 Å². The van der Waals surface area contributed by atoms with Crippen LogP contribution in [0.1, 0.15) is 36.5 Å². The molecular formula is C25H33N3O2S. The van der Waals surface area contributed by atoms with Crippen LogP contribution in [0, 0.1) is 0 Å². The summed E-state index contributed by atoms with van der Waals surface area (Å²) in [4.78, 5) is 4.57. The van der Waals surface area contributed by atoms with E-state index in [1.165, 1.54) is 27.8 Å². The van der Waals surface area contributed by atoms with Gasteiger partial charge in [0, 0.05) is 38.4 Å². The van der Waals surface area contributed by atoms with Crippen LogP contribution < -0.4 is 0 Å². The Morgan fingerprint density at radius 3 is 2.48 bits per heavy atom. The van der Waals surface area contributed by atoms with Gasteiger partial charge in [-0.15, -0.1) is 0 Å². The van der Waals surface area contributed by atoms with Crippen LogP contribution in [-0.4, -0.2) is 61.5 Å². The van der Waals surface area contributed by atoms with Gasteiger partial charge in [-0.3, -0.25) is 0 Å². The quantitative estimate of drug-likeness (QED) is 0.682. The summed E-state index contributed by atoms with van der Waals surface area (Å²) < 4.78 is 25.9. The number of piperidine rings is 1. The van der Waals surface area contributed by atoms with Crippen LogP contribution in [0.15, 0.2) is 48.7 Å². The maximum atomic E-state index is 12.1. The summed E-state index contributed by atoms with van der Waals surface area (Å²) in [5, 5.41) is 0. The van der Waals surface area contributed by atoms with E-state index in [9.17, 15) is 8.42 Å². The van der Waals surface area contributed by atoms with Crippen LogP contribution >= 0.6 is 0 Å². The minimum Gasteiger partial charge on any atom is -0.370 e. The van der Waals surface area contributed by atoms with Crippen molar-refractivity contribution in [1.82, 2.24) is 14.1 Å². The molecule has 0 bridgehead atoms. The molecule has 0 aliphatic carbocycles. The van der Waals surface area contributed by atoms with Gasteiger partial charge in [0.2, 0.25) is 10.0 Å². The molecule has 0 amide bonds. The molecule has 2 aliphatic rings. The lowest BCUT2D eigenvalue weighted by Gasteiger charge is -2.39. The molecule has 1 saturated heterocycles. The number of hydrogen-bond acceptors (Lipinski definition) is 4. The Balaban J connectivity index is 1.45. The molecule has 5 nitrogen and oxygen atoms in total. The highest BCUT2D eigenvalue weighted by Gasteiger charge is 2.29. The van der Waals surface area contributed by atoms with Crippen LogP contribution in [0.4, 0.5) is 0 Å². The topological polar surface area (TPSA) is 43.9 Å². The van der Waals surface area contributed by atoms with E-state index < -0.39 is 10.0 Å². The van der Waals surface area contributed by atoms with Crippen LogP contribution in [0.5, 0.6) is 0 Å². The van der Waals surface area contributed by atoms with Crippen molar-refractivity contribution < 1.29 is 8.42 Å². The van der Waals surface area contributed by atoms with Gasteiger partial charge in [-0.25, -0.2) is 12.7 Å². The summed E-state index contributed by atoms with van der Waals surface area (Å²) in [5.74, 6) is 0.190. The Bertz CT molecular complexity index is 1050. The third-order valence-corrected chi connectivity index (χ3v) is 8.24. The zero-order chi connectivity index (χ0) is 22.0. The molecule has 0 saturated carbocycles. The number of rotatable bonds is 6. The molecule has 2 aromatic rings. The second kappa shape index (κ2) is 9.15. The summed E-state index contributed by atoms with van der Waals surface area (Å²) in [6, 6.07) is 15.9. The summed E-state index contributed by atoms with van der Waals surface area (Å²) in [7, 11) is 1.11. The van der Waals surface area contributed by atoms with Gasteiger partial charge in [-0.2, -0.15) is 0 Å². The Hall–Kier alpha value is -2.15. The maximum absolute atomic E-state index is 12.1. The van der Waals surface area contributed by atoms with E-state index in [1.807, 2.05) is 0 Å². The molecule has 31 heavy (non-hydrogen) atoms. The molecular weight excluding hydrogens is 406 g/mol. The number of benzene rings is 2. The molecule has 6 heteroatoms. The van der Waals surface area contributed by atoms with E-state index in [1.54, 1.807) is 11.2 Å². The monoisotopic (exact) mass is 439 g/mol. The molecule has 2 heterocycles. The first-order valence-electron chi connectivity index (χ1n) is 11.1. The van der Waals surface area contributed by atoms with Gasteiger partial charge in [0.25, 0.3) is 0 Å². The molecule has 0 N–H and O–H groups in total. The first-order valence-corrected chi connectivity index (χ1v) is 12.8. The van der Waals surface area contributed by atoms with Crippen molar-refractivity contribution in [3.63, 3.8) is 0 Å². The molecule has 0 aromatic heterocycles. The highest BCUT2D eigenvalue weighted by molar-refractivity contribution is 7.89. The van der Waals surface area contributed by atoms with Gasteiger partial charge < -0.3 is 9.80 Å². The third-order valence-electron chi connectivity index (χ3n) is 6.35. The van der Waals surface area contributed by atoms with Crippen molar-refractivity contribution in [2.24, 2.45) is 0 Å². The summed E-state index contributed by atoms with van der Waals surface area (Å²) in [6.07, 6.45) is 6.18. The summed E-state index contributed by atoms with van der Waals surface area (Å²) >= 11 is 0. The predicted octanol–water partition coefficient (Wildman–Crippen LogP) is 4.02. The van der Waals surface area contributed by atoms with Crippen molar-refractivity contribution in [2.45, 2.75) is 38.9 Å². The average Bonchev–Trinajstić information content (AvgIpc) is 2.78. The Morgan fingerprint density at radius 2 is 1.77 bits per heavy atom. The predicted molar refractivity (Wildman–Crippen MR) is 128 cm³/mol. The Kier molecular flexibility index (Phi) is 6.51. The lowest BCUT2D eigenvalue weighted by Crippen LogP contribution is -2.45. The van der Waals surface area contributed by atoms with E-state index in [0.717, 1.165) is 25.9 Å². The summed E-state index contributed by atoms with van der Waals surface area (Å²) in [6.45, 7) is 4.79. The molecule has 4 rings (SSSR count). The van der Waals surface area contributed by atoms with E-state index in [4.69, 9.17) is 0 Å². The van der Waals surface area contributed by atoms with Crippen molar-refractivity contribution in [2.75, 3.05) is 32.9 Å². The SMILES string of the molecule is CCS(=O)(=O)N1CCC(N2C=Cc3cc(-c4cccc(CN(C)C)c4)ccc3C2)CC1. The van der Waals surface area contributed by atoms with Crippen LogP contribution in [0.25, 0.3) is 17.2 Å². The second-order valence-electron chi connectivity index (χ2n) is 8.87. The van der Waals surface area contributed by atoms with Crippen LogP contribution in [0.2, 0.25) is 0 Å². The smallest absolute Gasteiger partial charge is 0.213 e. The third kappa shape index (κ3) is 5.03. The van der Waals surface area contributed by atoms with E-state index >= 15 is 0 Å². The zero-order valence-corrected chi connectivity index (χ0v) is 19.6. The van der Waals surface area contributed by atoms with Crippen molar-refractivity contribution in [3.8, 4) is 11.1 Å². The lowest BCUT2D eigenvalue weighted by atomic mass is 9.95. The fraction of sp³-hybridized carbons (Fsp3) is 0.440. The minimum absolute atomic E-state index is 0.190. The van der Waals surface area contributed by atoms with Gasteiger partial charge in [0.15, 0.2) is 0 Å². The highest BCUT2D eigenvalue weighted by Crippen LogP contribution is 2.30. The molecule has 0 radical (unpaired) electrons. The zero-order valence-electron chi connectivity index (χ0n) is 18.8. The number of fused-ring (bicyclic) bond motifs is 1. The number of nitrogens with zero attached hydrogens (tertiary/aromatic N) is 3. The molecule has 0 atom stereocenters. The van der Waals surface area contributed by atoms with Gasteiger partial charge in [0.1, 0.15) is 0 Å². The standard InChI is InChI=1S/C25H33N3O2S/c1-4-31(29,30)28-14-11-25(12-15-28)27-13-10-23-17-22(8-9-24(23)19-27)21-7-5-6-20(16-21)18-26(2)3/h5-10,13,16-17,25H,4,11-12,14-15,18-19H2,1-3H3. The normalized spacial score (nSPS) is 17.9. The first-order chi connectivity index (χ1) is 14.9. The lowest BCUT2D eigenvalue weighted by molar-refractivity contribution is 0.183. The molecule has 1 fully saturated rings. The van der Waals surface area contributed by atoms with Gasteiger partial charge in [-0.1, -0.05) is 30.3 Å². The fourth-order valence-electron chi connectivity index (χ4n) is 4.60. The van der Waals surface area contributed by atoms with Gasteiger partial charge in [-0.05, 0) is 79.9 Å². The molecule has 2 aliphatic heterocycles. The molecule has 2 aromatic carbocycles. The second-order valence-corrected chi connectivity index (χ2v) is 11.1. The van der Waals surface area contributed by atoms with Crippen molar-refractivity contribution in [1.29, 1.82) is 0 Å². The van der Waals surface area contributed by atoms with Gasteiger partial charge >= 0.3 is 0 Å². The fourth-order valence-corrected chi connectivity index (χ4v) is 5.73. The van der Waals surface area contributed by atoms with Gasteiger partial charge in [0.05, 0.1) is 5.75 Å². The Labute approximate surface area is 187 Å². The highest BCUT2D eigenvalue weighted by atomic mass is 32.2. The maximum Gasteiger partial charge on any atom is 0.213 e. The number of sulfonamides is 1. The molecule has 0 unspecified atom stereocenters.